The van der Waals surface area contributed by atoms with Crippen LogP contribution in [0.25, 0.3) is 0 Å². The molecule has 0 aromatic heterocycles. The van der Waals surface area contributed by atoms with Gasteiger partial charge < -0.3 is 9.64 Å². The summed E-state index contributed by atoms with van der Waals surface area (Å²) in [5, 5.41) is 0. The summed E-state index contributed by atoms with van der Waals surface area (Å²) < 4.78 is 5.77. The van der Waals surface area contributed by atoms with E-state index in [0.717, 1.165) is 19.3 Å². The molecule has 3 nitrogen and oxygen atoms in total. The lowest BCUT2D eigenvalue weighted by atomic mass is 9.92. The lowest BCUT2D eigenvalue weighted by Crippen LogP contribution is -2.48. The van der Waals surface area contributed by atoms with Gasteiger partial charge in [-0.1, -0.05) is 31.2 Å². The summed E-state index contributed by atoms with van der Waals surface area (Å²) in [4.78, 5) is 14.3. The van der Waals surface area contributed by atoms with E-state index < -0.39 is 0 Å². The van der Waals surface area contributed by atoms with Crippen molar-refractivity contribution >= 4 is 17.5 Å². The molecule has 0 spiro atoms. The van der Waals surface area contributed by atoms with Crippen LogP contribution in [0.2, 0.25) is 0 Å². The summed E-state index contributed by atoms with van der Waals surface area (Å²) in [6.07, 6.45) is 2.73. The van der Waals surface area contributed by atoms with E-state index in [4.69, 9.17) is 16.3 Å². The first-order valence-electron chi connectivity index (χ1n) is 8.02. The van der Waals surface area contributed by atoms with Gasteiger partial charge in [0.25, 0.3) is 0 Å². The zero-order chi connectivity index (χ0) is 16.2. The molecule has 1 amide bonds. The third-order valence-corrected chi connectivity index (χ3v) is 4.53. The predicted molar refractivity (Wildman–Crippen MR) is 90.1 cm³/mol. The summed E-state index contributed by atoms with van der Waals surface area (Å²) in [5.41, 5.74) is 2.28. The zero-order valence-corrected chi connectivity index (χ0v) is 14.5. The standard InChI is InChI=1S/C18H26ClNO2/c1-4-14-6-5-7-15(10-14)13-20(17(21)12-19)16-8-9-22-18(2,3)11-16/h5-7,10,16H,4,8-9,11-13H2,1-3H3. The number of benzene rings is 1. The molecule has 1 aromatic rings. The number of hydrogen-bond acceptors (Lipinski definition) is 2. The third kappa shape index (κ3) is 4.47. The molecule has 1 unspecified atom stereocenters. The van der Waals surface area contributed by atoms with E-state index >= 15 is 0 Å². The largest absolute Gasteiger partial charge is 0.375 e. The summed E-state index contributed by atoms with van der Waals surface area (Å²) in [6, 6.07) is 8.64. The van der Waals surface area contributed by atoms with Crippen LogP contribution in [0, 0.1) is 0 Å². The Kier molecular flexibility index (Phi) is 5.87. The minimum absolute atomic E-state index is 0.00580. The molecule has 0 bridgehead atoms. The van der Waals surface area contributed by atoms with Gasteiger partial charge in [-0.2, -0.15) is 0 Å². The van der Waals surface area contributed by atoms with Gasteiger partial charge in [0, 0.05) is 19.2 Å². The first-order chi connectivity index (χ1) is 10.4. The smallest absolute Gasteiger partial charge is 0.238 e. The molecule has 1 aliphatic rings. The fourth-order valence-electron chi connectivity index (χ4n) is 3.11. The monoisotopic (exact) mass is 323 g/mol. The minimum Gasteiger partial charge on any atom is -0.375 e. The second-order valence-electron chi connectivity index (χ2n) is 6.58. The van der Waals surface area contributed by atoms with Crippen LogP contribution in [-0.4, -0.2) is 34.9 Å². The Morgan fingerprint density at radius 3 is 2.77 bits per heavy atom. The molecule has 0 radical (unpaired) electrons. The zero-order valence-electron chi connectivity index (χ0n) is 13.8. The molecule has 2 rings (SSSR count). The number of aryl methyl sites for hydroxylation is 1. The Balaban J connectivity index is 2.17. The lowest BCUT2D eigenvalue weighted by Gasteiger charge is -2.41. The molecule has 1 heterocycles. The summed E-state index contributed by atoms with van der Waals surface area (Å²) in [6.45, 7) is 7.63. The van der Waals surface area contributed by atoms with Crippen LogP contribution in [0.5, 0.6) is 0 Å². The van der Waals surface area contributed by atoms with Crippen LogP contribution in [0.4, 0.5) is 0 Å². The number of nitrogens with zero attached hydrogens (tertiary/aromatic N) is 1. The Hall–Kier alpha value is -1.06. The SMILES string of the molecule is CCc1cccc(CN(C(=O)CCl)C2CCOC(C)(C)C2)c1. The van der Waals surface area contributed by atoms with Crippen LogP contribution in [-0.2, 0) is 22.5 Å². The van der Waals surface area contributed by atoms with Crippen LogP contribution in [0.1, 0.15) is 44.7 Å². The van der Waals surface area contributed by atoms with Gasteiger partial charge >= 0.3 is 0 Å². The van der Waals surface area contributed by atoms with Crippen molar-refractivity contribution in [2.45, 2.75) is 58.2 Å². The number of rotatable bonds is 5. The van der Waals surface area contributed by atoms with E-state index in [2.05, 4.69) is 45.0 Å². The molecule has 122 valence electrons. The van der Waals surface area contributed by atoms with Gasteiger partial charge in [0.05, 0.1) is 5.60 Å². The Morgan fingerprint density at radius 2 is 2.14 bits per heavy atom. The highest BCUT2D eigenvalue weighted by Gasteiger charge is 2.34. The van der Waals surface area contributed by atoms with Crippen molar-refractivity contribution in [3.05, 3.63) is 35.4 Å². The number of amides is 1. The van der Waals surface area contributed by atoms with Crippen molar-refractivity contribution in [2.75, 3.05) is 12.5 Å². The Labute approximate surface area is 138 Å². The number of carbonyl (C=O) groups excluding carboxylic acids is 1. The molecule has 1 aliphatic heterocycles. The highest BCUT2D eigenvalue weighted by molar-refractivity contribution is 6.27. The first kappa shape index (κ1) is 17.3. The maximum atomic E-state index is 12.3. The second kappa shape index (κ2) is 7.47. The average Bonchev–Trinajstić information content (AvgIpc) is 2.51. The van der Waals surface area contributed by atoms with Gasteiger partial charge in [-0.3, -0.25) is 4.79 Å². The summed E-state index contributed by atoms with van der Waals surface area (Å²) >= 11 is 5.84. The highest BCUT2D eigenvalue weighted by Crippen LogP contribution is 2.28. The molecule has 0 saturated carbocycles. The second-order valence-corrected chi connectivity index (χ2v) is 6.85. The number of alkyl halides is 1. The fraction of sp³-hybridized carbons (Fsp3) is 0.611. The number of halogens is 1. The summed E-state index contributed by atoms with van der Waals surface area (Å²) in [5.74, 6) is 0.0388. The molecule has 4 heteroatoms. The quantitative estimate of drug-likeness (QED) is 0.772. The third-order valence-electron chi connectivity index (χ3n) is 4.30. The van der Waals surface area contributed by atoms with E-state index in [1.54, 1.807) is 0 Å². The van der Waals surface area contributed by atoms with Crippen molar-refractivity contribution in [1.82, 2.24) is 4.90 Å². The van der Waals surface area contributed by atoms with E-state index in [0.29, 0.717) is 13.2 Å². The molecular weight excluding hydrogens is 298 g/mol. The molecule has 1 atom stereocenters. The molecule has 22 heavy (non-hydrogen) atoms. The van der Waals surface area contributed by atoms with Crippen LogP contribution in [0.3, 0.4) is 0 Å². The molecule has 1 aromatic carbocycles. The summed E-state index contributed by atoms with van der Waals surface area (Å²) in [7, 11) is 0. The van der Waals surface area contributed by atoms with Gasteiger partial charge in [0.2, 0.25) is 5.91 Å². The van der Waals surface area contributed by atoms with Gasteiger partial charge in [-0.25, -0.2) is 0 Å². The van der Waals surface area contributed by atoms with Gasteiger partial charge in [0.15, 0.2) is 0 Å². The van der Waals surface area contributed by atoms with Crippen molar-refractivity contribution in [3.63, 3.8) is 0 Å². The average molecular weight is 324 g/mol. The van der Waals surface area contributed by atoms with Crippen LogP contribution in [0.15, 0.2) is 24.3 Å². The van der Waals surface area contributed by atoms with E-state index in [1.165, 1.54) is 11.1 Å². The normalized spacial score (nSPS) is 20.6. The van der Waals surface area contributed by atoms with Crippen molar-refractivity contribution in [3.8, 4) is 0 Å². The van der Waals surface area contributed by atoms with Crippen molar-refractivity contribution < 1.29 is 9.53 Å². The minimum atomic E-state index is -0.182. The maximum absolute atomic E-state index is 12.3. The predicted octanol–water partition coefficient (Wildman–Crippen LogP) is 3.77. The highest BCUT2D eigenvalue weighted by atomic mass is 35.5. The number of carbonyl (C=O) groups is 1. The van der Waals surface area contributed by atoms with Crippen LogP contribution < -0.4 is 0 Å². The van der Waals surface area contributed by atoms with Crippen molar-refractivity contribution in [2.24, 2.45) is 0 Å². The topological polar surface area (TPSA) is 29.5 Å². The van der Waals surface area contributed by atoms with Gasteiger partial charge in [0.1, 0.15) is 5.88 Å². The van der Waals surface area contributed by atoms with E-state index in [9.17, 15) is 4.79 Å². The fourth-order valence-corrected chi connectivity index (χ4v) is 3.26. The van der Waals surface area contributed by atoms with Crippen molar-refractivity contribution in [1.29, 1.82) is 0 Å². The first-order valence-corrected chi connectivity index (χ1v) is 8.56. The van der Waals surface area contributed by atoms with E-state index in [1.807, 2.05) is 4.90 Å². The number of ether oxygens (including phenoxy) is 1. The van der Waals surface area contributed by atoms with Gasteiger partial charge in [-0.15, -0.1) is 11.6 Å². The van der Waals surface area contributed by atoms with Crippen LogP contribution >= 0.6 is 11.6 Å². The molecular formula is C18H26ClNO2. The van der Waals surface area contributed by atoms with E-state index in [-0.39, 0.29) is 23.4 Å². The maximum Gasteiger partial charge on any atom is 0.238 e. The molecule has 0 aliphatic carbocycles. The Morgan fingerprint density at radius 1 is 1.41 bits per heavy atom. The van der Waals surface area contributed by atoms with Gasteiger partial charge in [-0.05, 0) is 44.2 Å². The Bertz CT molecular complexity index is 516. The number of hydrogen-bond donors (Lipinski definition) is 0. The molecule has 1 saturated heterocycles. The molecule has 0 N–H and O–H groups in total. The molecule has 1 fully saturated rings. The lowest BCUT2D eigenvalue weighted by molar-refractivity contribution is -0.138.